The summed E-state index contributed by atoms with van der Waals surface area (Å²) in [6.07, 6.45) is 5.46. The molecule has 0 saturated heterocycles. The fourth-order valence-electron chi connectivity index (χ4n) is 3.93. The Hall–Kier alpha value is -2.17. The molecule has 0 radical (unpaired) electrons. The van der Waals surface area contributed by atoms with Gasteiger partial charge >= 0.3 is 0 Å². The van der Waals surface area contributed by atoms with E-state index < -0.39 is 0 Å². The van der Waals surface area contributed by atoms with E-state index in [1.807, 2.05) is 35.3 Å². The van der Waals surface area contributed by atoms with Gasteiger partial charge in [-0.05, 0) is 66.4 Å². The van der Waals surface area contributed by atoms with Crippen LogP contribution < -0.4 is 5.73 Å². The van der Waals surface area contributed by atoms with Crippen LogP contribution in [-0.4, -0.2) is 15.8 Å². The number of thiocarbonyl (C=S) groups is 1. The Balaban J connectivity index is 1.72. The van der Waals surface area contributed by atoms with E-state index in [0.29, 0.717) is 11.0 Å². The number of halogens is 1. The average Bonchev–Trinajstić information content (AvgIpc) is 3.05. The Morgan fingerprint density at radius 2 is 1.88 bits per heavy atom. The fraction of sp³-hybridized carbons (Fsp3) is 0.238. The molecule has 0 amide bonds. The van der Waals surface area contributed by atoms with Crippen LogP contribution >= 0.6 is 23.8 Å². The lowest BCUT2D eigenvalue weighted by atomic mass is 9.77. The molecule has 5 heteroatoms. The summed E-state index contributed by atoms with van der Waals surface area (Å²) in [5.74, 6) is 0.311. The standard InChI is InChI=1S/C21H20ClN3S/c22-17-11-9-14(10-12-17)13-16-7-4-8-18-19(16)24-25(21(23)26)20(18)15-5-2-1-3-6-15/h1-3,5-6,9-13,18,20H,4,7-8H2,(H2,23,26)/b16-13-/t18-,20+/m0/s1. The fourth-order valence-corrected chi connectivity index (χ4v) is 4.21. The maximum atomic E-state index is 6.01. The number of hydrogen-bond donors (Lipinski definition) is 1. The summed E-state index contributed by atoms with van der Waals surface area (Å²) in [4.78, 5) is 0. The molecule has 4 rings (SSSR count). The molecular formula is C21H20ClN3S. The smallest absolute Gasteiger partial charge is 0.187 e. The quantitative estimate of drug-likeness (QED) is 0.728. The van der Waals surface area contributed by atoms with Gasteiger partial charge in [0.05, 0.1) is 11.8 Å². The minimum absolute atomic E-state index is 0.0811. The van der Waals surface area contributed by atoms with Gasteiger partial charge < -0.3 is 5.73 Å². The van der Waals surface area contributed by atoms with Crippen molar-refractivity contribution in [1.82, 2.24) is 5.01 Å². The molecule has 2 aromatic carbocycles. The predicted octanol–water partition coefficient (Wildman–Crippen LogP) is 5.18. The molecule has 3 nitrogen and oxygen atoms in total. The minimum atomic E-state index is 0.0811. The highest BCUT2D eigenvalue weighted by atomic mass is 35.5. The first-order valence-electron chi connectivity index (χ1n) is 8.82. The van der Waals surface area contributed by atoms with Gasteiger partial charge in [0.15, 0.2) is 5.11 Å². The van der Waals surface area contributed by atoms with Crippen LogP contribution in [0.3, 0.4) is 0 Å². The molecule has 0 aromatic heterocycles. The van der Waals surface area contributed by atoms with Crippen LogP contribution in [0.2, 0.25) is 5.02 Å². The molecule has 1 saturated carbocycles. The van der Waals surface area contributed by atoms with Crippen molar-refractivity contribution in [3.8, 4) is 0 Å². The van der Waals surface area contributed by atoms with E-state index in [-0.39, 0.29) is 6.04 Å². The van der Waals surface area contributed by atoms with Crippen molar-refractivity contribution in [2.45, 2.75) is 25.3 Å². The first-order chi connectivity index (χ1) is 12.6. The molecule has 132 valence electrons. The van der Waals surface area contributed by atoms with E-state index in [2.05, 4.69) is 30.3 Å². The third-order valence-corrected chi connectivity index (χ3v) is 5.52. The lowest BCUT2D eigenvalue weighted by Crippen LogP contribution is -2.34. The number of hydrazone groups is 1. The van der Waals surface area contributed by atoms with Gasteiger partial charge in [0.25, 0.3) is 0 Å². The van der Waals surface area contributed by atoms with Gasteiger partial charge in [-0.25, -0.2) is 5.01 Å². The zero-order valence-electron chi connectivity index (χ0n) is 14.3. The minimum Gasteiger partial charge on any atom is -0.375 e. The molecule has 26 heavy (non-hydrogen) atoms. The lowest BCUT2D eigenvalue weighted by Gasteiger charge is -2.29. The first kappa shape index (κ1) is 17.3. The van der Waals surface area contributed by atoms with Gasteiger partial charge in [-0.1, -0.05) is 54.1 Å². The molecule has 1 aliphatic heterocycles. The van der Waals surface area contributed by atoms with E-state index in [1.165, 1.54) is 11.1 Å². The van der Waals surface area contributed by atoms with E-state index in [9.17, 15) is 0 Å². The summed E-state index contributed by atoms with van der Waals surface area (Å²) in [6.45, 7) is 0. The largest absolute Gasteiger partial charge is 0.375 e. The molecule has 1 fully saturated rings. The van der Waals surface area contributed by atoms with E-state index >= 15 is 0 Å². The molecule has 0 spiro atoms. The normalized spacial score (nSPS) is 23.7. The second kappa shape index (κ2) is 7.22. The topological polar surface area (TPSA) is 41.6 Å². The van der Waals surface area contributed by atoms with Gasteiger partial charge in [-0.15, -0.1) is 0 Å². The summed E-state index contributed by atoms with van der Waals surface area (Å²) >= 11 is 11.3. The Morgan fingerprint density at radius 3 is 2.58 bits per heavy atom. The van der Waals surface area contributed by atoms with Crippen molar-refractivity contribution in [1.29, 1.82) is 0 Å². The summed E-state index contributed by atoms with van der Waals surface area (Å²) in [5, 5.41) is 7.75. The number of allylic oxidation sites excluding steroid dienone is 1. The molecule has 2 atom stereocenters. The summed E-state index contributed by atoms with van der Waals surface area (Å²) in [7, 11) is 0. The molecule has 0 unspecified atom stereocenters. The van der Waals surface area contributed by atoms with Crippen LogP contribution in [0.4, 0.5) is 0 Å². The zero-order chi connectivity index (χ0) is 18.1. The van der Waals surface area contributed by atoms with Crippen molar-refractivity contribution >= 4 is 40.7 Å². The molecular weight excluding hydrogens is 362 g/mol. The SMILES string of the molecule is NC(=S)N1N=C2/C(=C\c3ccc(Cl)cc3)CCC[C@@H]2[C@H]1c1ccccc1. The second-order valence-corrected chi connectivity index (χ2v) is 7.60. The highest BCUT2D eigenvalue weighted by Gasteiger charge is 2.42. The highest BCUT2D eigenvalue weighted by Crippen LogP contribution is 2.44. The second-order valence-electron chi connectivity index (χ2n) is 6.74. The highest BCUT2D eigenvalue weighted by molar-refractivity contribution is 7.80. The van der Waals surface area contributed by atoms with Crippen molar-refractivity contribution < 1.29 is 0 Å². The summed E-state index contributed by atoms with van der Waals surface area (Å²) < 4.78 is 0. The Labute approximate surface area is 164 Å². The Bertz CT molecular complexity index is 874. The molecule has 1 heterocycles. The van der Waals surface area contributed by atoms with Gasteiger partial charge in [0.1, 0.15) is 0 Å². The number of hydrogen-bond acceptors (Lipinski definition) is 2. The summed E-state index contributed by atoms with van der Waals surface area (Å²) in [6, 6.07) is 18.4. The number of nitrogens with two attached hydrogens (primary N) is 1. The van der Waals surface area contributed by atoms with E-state index in [4.69, 9.17) is 34.7 Å². The van der Waals surface area contributed by atoms with E-state index in [1.54, 1.807) is 0 Å². The molecule has 1 aliphatic carbocycles. The van der Waals surface area contributed by atoms with Crippen molar-refractivity contribution in [2.75, 3.05) is 0 Å². The Morgan fingerprint density at radius 1 is 1.15 bits per heavy atom. The van der Waals surface area contributed by atoms with Crippen LogP contribution in [0.25, 0.3) is 6.08 Å². The number of nitrogens with zero attached hydrogens (tertiary/aromatic N) is 2. The maximum absolute atomic E-state index is 6.01. The number of benzene rings is 2. The van der Waals surface area contributed by atoms with Crippen LogP contribution in [0.1, 0.15) is 36.4 Å². The van der Waals surface area contributed by atoms with Crippen molar-refractivity contribution in [3.63, 3.8) is 0 Å². The van der Waals surface area contributed by atoms with Crippen LogP contribution in [0.15, 0.2) is 65.3 Å². The molecule has 2 aromatic rings. The maximum Gasteiger partial charge on any atom is 0.187 e. The van der Waals surface area contributed by atoms with Crippen LogP contribution in [0.5, 0.6) is 0 Å². The third-order valence-electron chi connectivity index (χ3n) is 5.08. The summed E-state index contributed by atoms with van der Waals surface area (Å²) in [5.41, 5.74) is 10.7. The molecule has 2 N–H and O–H groups in total. The third kappa shape index (κ3) is 3.27. The van der Waals surface area contributed by atoms with Gasteiger partial charge in [-0.3, -0.25) is 0 Å². The van der Waals surface area contributed by atoms with Gasteiger partial charge in [0, 0.05) is 10.9 Å². The van der Waals surface area contributed by atoms with Gasteiger partial charge in [0.2, 0.25) is 0 Å². The first-order valence-corrected chi connectivity index (χ1v) is 9.61. The van der Waals surface area contributed by atoms with Gasteiger partial charge in [-0.2, -0.15) is 5.10 Å². The van der Waals surface area contributed by atoms with Crippen molar-refractivity contribution in [3.05, 3.63) is 76.3 Å². The van der Waals surface area contributed by atoms with Crippen molar-refractivity contribution in [2.24, 2.45) is 16.8 Å². The van der Waals surface area contributed by atoms with Crippen LogP contribution in [-0.2, 0) is 0 Å². The predicted molar refractivity (Wildman–Crippen MR) is 112 cm³/mol. The number of fused-ring (bicyclic) bond motifs is 1. The average molecular weight is 382 g/mol. The monoisotopic (exact) mass is 381 g/mol. The molecule has 2 aliphatic rings. The van der Waals surface area contributed by atoms with E-state index in [0.717, 1.165) is 35.6 Å². The lowest BCUT2D eigenvalue weighted by molar-refractivity contribution is 0.305. The zero-order valence-corrected chi connectivity index (χ0v) is 15.9. The Kier molecular flexibility index (Phi) is 4.79. The molecule has 0 bridgehead atoms. The number of rotatable bonds is 2. The van der Waals surface area contributed by atoms with Crippen LogP contribution in [0, 0.1) is 5.92 Å².